The summed E-state index contributed by atoms with van der Waals surface area (Å²) >= 11 is 0. The first kappa shape index (κ1) is 8.55. The van der Waals surface area contributed by atoms with Crippen molar-refractivity contribution in [1.29, 1.82) is 0 Å². The van der Waals surface area contributed by atoms with Gasteiger partial charge in [0.15, 0.2) is 0 Å². The van der Waals surface area contributed by atoms with E-state index in [2.05, 4.69) is 39.0 Å². The van der Waals surface area contributed by atoms with Crippen LogP contribution in [0.1, 0.15) is 33.6 Å². The van der Waals surface area contributed by atoms with Crippen LogP contribution in [0.15, 0.2) is 46.1 Å². The van der Waals surface area contributed by atoms with Crippen LogP contribution < -0.4 is 0 Å². The zero-order chi connectivity index (χ0) is 9.42. The average Bonchev–Trinajstić information content (AvgIpc) is 2.61. The van der Waals surface area contributed by atoms with Crippen LogP contribution in [0, 0.1) is 0 Å². The largest absolute Gasteiger partial charge is 0.0689 e. The van der Waals surface area contributed by atoms with E-state index in [1.165, 1.54) is 34.3 Å². The molecule has 0 fully saturated rings. The highest BCUT2D eigenvalue weighted by Crippen LogP contribution is 2.34. The second-order valence-electron chi connectivity index (χ2n) is 4.19. The molecule has 0 spiro atoms. The van der Waals surface area contributed by atoms with Crippen LogP contribution in [0.25, 0.3) is 0 Å². The number of hydrogen-bond acceptors (Lipinski definition) is 0. The lowest BCUT2D eigenvalue weighted by Crippen LogP contribution is -1.85. The molecule has 0 saturated carbocycles. The fraction of sp³-hybridized carbons (Fsp3) is 0.385. The Morgan fingerprint density at radius 3 is 2.15 bits per heavy atom. The zero-order valence-electron chi connectivity index (χ0n) is 8.65. The quantitative estimate of drug-likeness (QED) is 0.562. The summed E-state index contributed by atoms with van der Waals surface area (Å²) in [4.78, 5) is 0. The molecule has 0 unspecified atom stereocenters. The molecule has 0 heterocycles. The summed E-state index contributed by atoms with van der Waals surface area (Å²) in [5.41, 5.74) is 7.52. The van der Waals surface area contributed by atoms with Crippen LogP contribution in [0.5, 0.6) is 0 Å². The van der Waals surface area contributed by atoms with E-state index in [0.29, 0.717) is 0 Å². The minimum absolute atomic E-state index is 1.16. The summed E-state index contributed by atoms with van der Waals surface area (Å²) in [5.74, 6) is 0. The molecule has 0 radical (unpaired) electrons. The Labute approximate surface area is 80.3 Å². The van der Waals surface area contributed by atoms with Gasteiger partial charge in [-0.05, 0) is 44.8 Å². The average molecular weight is 172 g/mol. The van der Waals surface area contributed by atoms with Gasteiger partial charge in [-0.15, -0.1) is 0 Å². The maximum Gasteiger partial charge on any atom is -0.00612 e. The van der Waals surface area contributed by atoms with Crippen molar-refractivity contribution in [2.24, 2.45) is 0 Å². The maximum atomic E-state index is 2.34. The van der Waals surface area contributed by atoms with Crippen molar-refractivity contribution in [2.45, 2.75) is 33.6 Å². The Bertz CT molecular complexity index is 359. The first-order chi connectivity index (χ1) is 6.16. The molecule has 13 heavy (non-hydrogen) atoms. The van der Waals surface area contributed by atoms with Crippen molar-refractivity contribution in [3.63, 3.8) is 0 Å². The van der Waals surface area contributed by atoms with E-state index >= 15 is 0 Å². The first-order valence-corrected chi connectivity index (χ1v) is 4.90. The van der Waals surface area contributed by atoms with E-state index in [0.717, 1.165) is 6.42 Å². The summed E-state index contributed by atoms with van der Waals surface area (Å²) in [6, 6.07) is 0. The van der Waals surface area contributed by atoms with Crippen LogP contribution in [0.2, 0.25) is 0 Å². The molecule has 0 bridgehead atoms. The molecule has 2 aliphatic carbocycles. The summed E-state index contributed by atoms with van der Waals surface area (Å²) in [7, 11) is 0. The van der Waals surface area contributed by atoms with E-state index in [1.807, 2.05) is 0 Å². The van der Waals surface area contributed by atoms with E-state index in [4.69, 9.17) is 0 Å². The maximum absolute atomic E-state index is 2.34. The van der Waals surface area contributed by atoms with Gasteiger partial charge in [0.2, 0.25) is 0 Å². The van der Waals surface area contributed by atoms with Crippen LogP contribution >= 0.6 is 0 Å². The summed E-state index contributed by atoms with van der Waals surface area (Å²) in [6.07, 6.45) is 9.17. The molecule has 0 N–H and O–H groups in total. The van der Waals surface area contributed by atoms with Crippen molar-refractivity contribution in [3.05, 3.63) is 46.1 Å². The highest BCUT2D eigenvalue weighted by molar-refractivity contribution is 5.51. The molecular formula is C13H16. The molecule has 0 aromatic heterocycles. The molecule has 2 rings (SSSR count). The van der Waals surface area contributed by atoms with Gasteiger partial charge >= 0.3 is 0 Å². The van der Waals surface area contributed by atoms with Gasteiger partial charge in [-0.2, -0.15) is 0 Å². The summed E-state index contributed by atoms with van der Waals surface area (Å²) in [5, 5.41) is 0. The van der Waals surface area contributed by atoms with Gasteiger partial charge in [-0.3, -0.25) is 0 Å². The molecule has 0 nitrogen and oxygen atoms in total. The van der Waals surface area contributed by atoms with Crippen molar-refractivity contribution in [3.8, 4) is 0 Å². The SMILES string of the molecule is CC1=CC=C(C2=CC(C)=C(C)C2)C1. The van der Waals surface area contributed by atoms with Crippen LogP contribution in [-0.2, 0) is 0 Å². The molecule has 0 aliphatic heterocycles. The van der Waals surface area contributed by atoms with E-state index in [1.54, 1.807) is 0 Å². The molecule has 0 aromatic rings. The Morgan fingerprint density at radius 2 is 1.69 bits per heavy atom. The molecule has 0 saturated heterocycles. The fourth-order valence-electron chi connectivity index (χ4n) is 1.95. The molecule has 0 amide bonds. The van der Waals surface area contributed by atoms with Gasteiger partial charge in [0.05, 0.1) is 0 Å². The zero-order valence-corrected chi connectivity index (χ0v) is 8.65. The Morgan fingerprint density at radius 1 is 0.923 bits per heavy atom. The molecule has 0 aromatic carbocycles. The third-order valence-electron chi connectivity index (χ3n) is 2.97. The normalized spacial score (nSPS) is 21.9. The van der Waals surface area contributed by atoms with Crippen LogP contribution in [-0.4, -0.2) is 0 Å². The number of rotatable bonds is 1. The second-order valence-corrected chi connectivity index (χ2v) is 4.19. The monoisotopic (exact) mass is 172 g/mol. The predicted molar refractivity (Wildman–Crippen MR) is 57.5 cm³/mol. The lowest BCUT2D eigenvalue weighted by atomic mass is 10.0. The Balaban J connectivity index is 2.13. The fourth-order valence-corrected chi connectivity index (χ4v) is 1.95. The molecule has 2 aliphatic rings. The second kappa shape index (κ2) is 3.02. The Kier molecular flexibility index (Phi) is 1.99. The summed E-state index contributed by atoms with van der Waals surface area (Å²) in [6.45, 7) is 6.64. The summed E-state index contributed by atoms with van der Waals surface area (Å²) < 4.78 is 0. The lowest BCUT2D eigenvalue weighted by molar-refractivity contribution is 1.08. The van der Waals surface area contributed by atoms with Gasteiger partial charge in [0, 0.05) is 0 Å². The van der Waals surface area contributed by atoms with Crippen molar-refractivity contribution in [1.82, 2.24) is 0 Å². The van der Waals surface area contributed by atoms with Gasteiger partial charge in [0.25, 0.3) is 0 Å². The van der Waals surface area contributed by atoms with Crippen LogP contribution in [0.3, 0.4) is 0 Å². The van der Waals surface area contributed by atoms with Crippen molar-refractivity contribution >= 4 is 0 Å². The number of hydrogen-bond donors (Lipinski definition) is 0. The third kappa shape index (κ3) is 1.53. The third-order valence-corrected chi connectivity index (χ3v) is 2.97. The van der Waals surface area contributed by atoms with Gasteiger partial charge < -0.3 is 0 Å². The van der Waals surface area contributed by atoms with Crippen molar-refractivity contribution < 1.29 is 0 Å². The smallest absolute Gasteiger partial charge is 0.00612 e. The highest BCUT2D eigenvalue weighted by Gasteiger charge is 2.15. The lowest BCUT2D eigenvalue weighted by Gasteiger charge is -2.03. The molecule has 68 valence electrons. The Hall–Kier alpha value is -1.04. The van der Waals surface area contributed by atoms with Gasteiger partial charge in [0.1, 0.15) is 0 Å². The highest BCUT2D eigenvalue weighted by atomic mass is 14.2. The van der Waals surface area contributed by atoms with E-state index in [9.17, 15) is 0 Å². The van der Waals surface area contributed by atoms with Gasteiger partial charge in [-0.1, -0.05) is 34.9 Å². The topological polar surface area (TPSA) is 0 Å². The van der Waals surface area contributed by atoms with E-state index < -0.39 is 0 Å². The minimum Gasteiger partial charge on any atom is -0.0689 e. The predicted octanol–water partition coefficient (Wildman–Crippen LogP) is 3.93. The number of allylic oxidation sites excluding steroid dienone is 8. The molecule has 0 atom stereocenters. The first-order valence-electron chi connectivity index (χ1n) is 4.90. The van der Waals surface area contributed by atoms with Crippen molar-refractivity contribution in [2.75, 3.05) is 0 Å². The standard InChI is InChI=1S/C13H16/c1-9-4-5-12(6-9)13-7-10(2)11(3)8-13/h4-5,7H,6,8H2,1-3H3. The molecule has 0 heteroatoms. The minimum atomic E-state index is 1.16. The molecular weight excluding hydrogens is 156 g/mol. The van der Waals surface area contributed by atoms with E-state index in [-0.39, 0.29) is 0 Å². The van der Waals surface area contributed by atoms with Crippen LogP contribution in [0.4, 0.5) is 0 Å². The van der Waals surface area contributed by atoms with Gasteiger partial charge in [-0.25, -0.2) is 0 Å².